The normalized spacial score (nSPS) is 15.8. The highest BCUT2D eigenvalue weighted by Gasteiger charge is 2.24. The highest BCUT2D eigenvalue weighted by molar-refractivity contribution is 7.88. The molecule has 0 aliphatic carbocycles. The molecule has 1 aliphatic rings. The van der Waals surface area contributed by atoms with Gasteiger partial charge >= 0.3 is 0 Å². The SMILES string of the molecule is COc1ccc([C@@H](C)N(CC=C(c2ccccc2)c2ccccc2)CCN2CCN(S(C)(=O)=O)CC2)cc1. The van der Waals surface area contributed by atoms with Crippen LogP contribution >= 0.6 is 0 Å². The molecule has 0 unspecified atom stereocenters. The van der Waals surface area contributed by atoms with E-state index in [1.54, 1.807) is 11.4 Å². The highest BCUT2D eigenvalue weighted by Crippen LogP contribution is 2.26. The van der Waals surface area contributed by atoms with E-state index in [4.69, 9.17) is 4.74 Å². The molecule has 0 N–H and O–H groups in total. The van der Waals surface area contributed by atoms with Gasteiger partial charge in [-0.05, 0) is 41.3 Å². The van der Waals surface area contributed by atoms with Crippen molar-refractivity contribution in [2.75, 3.05) is 59.2 Å². The van der Waals surface area contributed by atoms with Crippen molar-refractivity contribution in [2.45, 2.75) is 13.0 Å². The Morgan fingerprint density at radius 3 is 1.95 bits per heavy atom. The van der Waals surface area contributed by atoms with Gasteiger partial charge in [0.05, 0.1) is 13.4 Å². The zero-order valence-electron chi connectivity index (χ0n) is 22.7. The van der Waals surface area contributed by atoms with Gasteiger partial charge in [-0.3, -0.25) is 9.80 Å². The molecule has 6 nitrogen and oxygen atoms in total. The van der Waals surface area contributed by atoms with E-state index in [2.05, 4.69) is 83.5 Å². The second-order valence-corrected chi connectivity index (χ2v) is 11.8. The van der Waals surface area contributed by atoms with Crippen LogP contribution in [-0.2, 0) is 10.0 Å². The Labute approximate surface area is 228 Å². The fourth-order valence-corrected chi connectivity index (χ4v) is 5.76. The van der Waals surface area contributed by atoms with Crippen LogP contribution in [0.4, 0.5) is 0 Å². The Hall–Kier alpha value is -2.97. The minimum atomic E-state index is -3.13. The second kappa shape index (κ2) is 13.2. The summed E-state index contributed by atoms with van der Waals surface area (Å²) in [6.45, 7) is 7.42. The number of hydrogen-bond acceptors (Lipinski definition) is 5. The first-order valence-electron chi connectivity index (χ1n) is 13.2. The van der Waals surface area contributed by atoms with E-state index in [0.717, 1.165) is 38.5 Å². The van der Waals surface area contributed by atoms with Crippen LogP contribution in [0.15, 0.2) is 91.0 Å². The summed E-state index contributed by atoms with van der Waals surface area (Å²) < 4.78 is 30.8. The Morgan fingerprint density at radius 2 is 1.45 bits per heavy atom. The summed E-state index contributed by atoms with van der Waals surface area (Å²) in [6, 6.07) is 29.6. The van der Waals surface area contributed by atoms with Gasteiger partial charge in [0.2, 0.25) is 10.0 Å². The summed E-state index contributed by atoms with van der Waals surface area (Å²) in [4.78, 5) is 4.87. The van der Waals surface area contributed by atoms with Crippen LogP contribution < -0.4 is 4.74 Å². The average Bonchev–Trinajstić information content (AvgIpc) is 2.95. The van der Waals surface area contributed by atoms with Crippen molar-refractivity contribution >= 4 is 15.6 Å². The third-order valence-electron chi connectivity index (χ3n) is 7.35. The number of ether oxygens (including phenoxy) is 1. The number of rotatable bonds is 11. The molecule has 1 aliphatic heterocycles. The number of methoxy groups -OCH3 is 1. The van der Waals surface area contributed by atoms with Crippen molar-refractivity contribution in [3.63, 3.8) is 0 Å². The van der Waals surface area contributed by atoms with Crippen molar-refractivity contribution in [1.82, 2.24) is 14.1 Å². The van der Waals surface area contributed by atoms with Crippen LogP contribution in [0.2, 0.25) is 0 Å². The minimum absolute atomic E-state index is 0.197. The molecule has 0 amide bonds. The lowest BCUT2D eigenvalue weighted by Gasteiger charge is -2.36. The quantitative estimate of drug-likeness (QED) is 0.356. The van der Waals surface area contributed by atoms with Gasteiger partial charge < -0.3 is 4.74 Å². The van der Waals surface area contributed by atoms with Crippen molar-refractivity contribution in [2.24, 2.45) is 0 Å². The van der Waals surface area contributed by atoms with Gasteiger partial charge in [-0.1, -0.05) is 78.9 Å². The number of benzene rings is 3. The standard InChI is InChI=1S/C31H39N3O3S/c1-26(27-14-16-30(37-2)17-15-27)33(23-20-32-21-24-34(25-22-32)38(3,35)36)19-18-31(28-10-6-4-7-11-28)29-12-8-5-9-13-29/h4-18,26H,19-25H2,1-3H3/t26-/m1/s1. The summed E-state index contributed by atoms with van der Waals surface area (Å²) in [5, 5.41) is 0. The zero-order chi connectivity index (χ0) is 27.0. The van der Waals surface area contributed by atoms with Crippen LogP contribution in [0.25, 0.3) is 5.57 Å². The molecule has 7 heteroatoms. The van der Waals surface area contributed by atoms with Crippen LogP contribution in [-0.4, -0.2) is 81.7 Å². The molecule has 0 radical (unpaired) electrons. The van der Waals surface area contributed by atoms with E-state index >= 15 is 0 Å². The third kappa shape index (κ3) is 7.54. The lowest BCUT2D eigenvalue weighted by Crippen LogP contribution is -2.50. The molecule has 1 fully saturated rings. The molecule has 0 saturated carbocycles. The van der Waals surface area contributed by atoms with Gasteiger partial charge in [-0.15, -0.1) is 0 Å². The van der Waals surface area contributed by atoms with E-state index in [1.807, 2.05) is 24.3 Å². The summed E-state index contributed by atoms with van der Waals surface area (Å²) >= 11 is 0. The van der Waals surface area contributed by atoms with Gasteiger partial charge in [0.15, 0.2) is 0 Å². The first kappa shape index (κ1) is 28.0. The first-order valence-corrected chi connectivity index (χ1v) is 15.1. The van der Waals surface area contributed by atoms with Gasteiger partial charge in [0, 0.05) is 51.9 Å². The Morgan fingerprint density at radius 1 is 0.895 bits per heavy atom. The van der Waals surface area contributed by atoms with Crippen molar-refractivity contribution in [1.29, 1.82) is 0 Å². The Balaban J connectivity index is 1.55. The maximum Gasteiger partial charge on any atom is 0.211 e. The largest absolute Gasteiger partial charge is 0.497 e. The maximum absolute atomic E-state index is 11.9. The Kier molecular flexibility index (Phi) is 9.74. The summed E-state index contributed by atoms with van der Waals surface area (Å²) in [5.74, 6) is 0.853. The highest BCUT2D eigenvalue weighted by atomic mass is 32.2. The molecule has 3 aromatic rings. The van der Waals surface area contributed by atoms with Gasteiger partial charge in [-0.25, -0.2) is 8.42 Å². The van der Waals surface area contributed by atoms with Gasteiger partial charge in [-0.2, -0.15) is 4.31 Å². The third-order valence-corrected chi connectivity index (χ3v) is 8.65. The molecule has 38 heavy (non-hydrogen) atoms. The molecular formula is C31H39N3O3S. The van der Waals surface area contributed by atoms with Crippen LogP contribution in [0.5, 0.6) is 5.75 Å². The van der Waals surface area contributed by atoms with Crippen LogP contribution in [0, 0.1) is 0 Å². The molecule has 1 saturated heterocycles. The monoisotopic (exact) mass is 533 g/mol. The topological polar surface area (TPSA) is 53.1 Å². The lowest BCUT2D eigenvalue weighted by atomic mass is 9.97. The van der Waals surface area contributed by atoms with Gasteiger partial charge in [0.25, 0.3) is 0 Å². The number of sulfonamides is 1. The molecule has 1 atom stereocenters. The molecule has 202 valence electrons. The predicted octanol–water partition coefficient (Wildman–Crippen LogP) is 4.77. The molecule has 0 spiro atoms. The fourth-order valence-electron chi connectivity index (χ4n) is 4.94. The number of nitrogens with zero attached hydrogens (tertiary/aromatic N) is 3. The van der Waals surface area contributed by atoms with Crippen LogP contribution in [0.3, 0.4) is 0 Å². The Bertz CT molecular complexity index is 1230. The van der Waals surface area contributed by atoms with Crippen molar-refractivity contribution in [3.05, 3.63) is 108 Å². The maximum atomic E-state index is 11.9. The molecule has 4 rings (SSSR count). The molecule has 0 bridgehead atoms. The number of piperazine rings is 1. The van der Waals surface area contributed by atoms with E-state index in [-0.39, 0.29) is 6.04 Å². The minimum Gasteiger partial charge on any atom is -0.497 e. The average molecular weight is 534 g/mol. The predicted molar refractivity (Wildman–Crippen MR) is 156 cm³/mol. The second-order valence-electron chi connectivity index (χ2n) is 9.80. The number of hydrogen-bond donors (Lipinski definition) is 0. The smallest absolute Gasteiger partial charge is 0.211 e. The van der Waals surface area contributed by atoms with E-state index in [1.165, 1.54) is 28.5 Å². The molecule has 1 heterocycles. The summed E-state index contributed by atoms with van der Waals surface area (Å²) in [6.07, 6.45) is 3.64. The summed E-state index contributed by atoms with van der Waals surface area (Å²) in [5.41, 5.74) is 4.86. The van der Waals surface area contributed by atoms with Crippen molar-refractivity contribution < 1.29 is 13.2 Å². The molecular weight excluding hydrogens is 494 g/mol. The van der Waals surface area contributed by atoms with Gasteiger partial charge in [0.1, 0.15) is 5.75 Å². The van der Waals surface area contributed by atoms with E-state index in [0.29, 0.717) is 13.1 Å². The first-order chi connectivity index (χ1) is 18.3. The van der Waals surface area contributed by atoms with Crippen LogP contribution in [0.1, 0.15) is 29.7 Å². The summed E-state index contributed by atoms with van der Waals surface area (Å²) in [7, 11) is -1.44. The molecule has 3 aromatic carbocycles. The lowest BCUT2D eigenvalue weighted by molar-refractivity contribution is 0.148. The fraction of sp³-hybridized carbons (Fsp3) is 0.355. The zero-order valence-corrected chi connectivity index (χ0v) is 23.5. The van der Waals surface area contributed by atoms with Crippen molar-refractivity contribution in [3.8, 4) is 5.75 Å². The molecule has 0 aromatic heterocycles. The van der Waals surface area contributed by atoms with E-state index in [9.17, 15) is 8.42 Å². The van der Waals surface area contributed by atoms with E-state index < -0.39 is 10.0 Å².